The topological polar surface area (TPSA) is 290 Å². The number of urea groups is 3. The van der Waals surface area contributed by atoms with Crippen LogP contribution in [0.4, 0.5) is 48.9 Å². The summed E-state index contributed by atoms with van der Waals surface area (Å²) in [6.45, 7) is 18.5. The van der Waals surface area contributed by atoms with Crippen molar-refractivity contribution in [3.8, 4) is 0 Å². The van der Waals surface area contributed by atoms with Gasteiger partial charge in [0.15, 0.2) is 16.9 Å². The maximum absolute atomic E-state index is 12.1. The maximum Gasteiger partial charge on any atom is 0.337 e. The highest BCUT2D eigenvalue weighted by Gasteiger charge is 2.20. The third-order valence-electron chi connectivity index (χ3n) is 11.8. The molecule has 9 N–H and O–H groups in total. The maximum atomic E-state index is 12.1. The van der Waals surface area contributed by atoms with Gasteiger partial charge in [0, 0.05) is 54.4 Å². The van der Waals surface area contributed by atoms with Gasteiger partial charge in [0.25, 0.3) is 0 Å². The molecule has 9 aromatic rings. The Labute approximate surface area is 495 Å². The average molecular weight is 1220 g/mol. The van der Waals surface area contributed by atoms with Gasteiger partial charge in [-0.3, -0.25) is 46.6 Å². The number of hydrogen-bond donors (Lipinski definition) is 9. The lowest BCUT2D eigenvalue weighted by Crippen LogP contribution is -2.34. The zero-order valence-electron chi connectivity index (χ0n) is 45.8. The molecular formula is C51H57Cl6N21O3. The van der Waals surface area contributed by atoms with Gasteiger partial charge in [-0.2, -0.15) is 15.3 Å². The second-order valence-electron chi connectivity index (χ2n) is 19.1. The molecule has 9 aromatic heterocycles. The van der Waals surface area contributed by atoms with Crippen molar-refractivity contribution in [2.24, 2.45) is 21.1 Å². The first-order valence-electron chi connectivity index (χ1n) is 24.7. The number of fused-ring (bicyclic) bond motifs is 3. The zero-order chi connectivity index (χ0) is 59.1. The Balaban J connectivity index is 0.000000175. The van der Waals surface area contributed by atoms with E-state index in [0.29, 0.717) is 34.5 Å². The lowest BCUT2D eigenvalue weighted by molar-refractivity contribution is 0.253. The van der Waals surface area contributed by atoms with E-state index in [1.54, 1.807) is 14.0 Å². The third-order valence-corrected chi connectivity index (χ3v) is 13.0. The van der Waals surface area contributed by atoms with E-state index in [2.05, 4.69) is 135 Å². The summed E-state index contributed by atoms with van der Waals surface area (Å²) in [6, 6.07) is 13.2. The molecule has 0 atom stereocenters. The lowest BCUT2D eigenvalue weighted by atomic mass is 10.00. The van der Waals surface area contributed by atoms with Crippen LogP contribution in [0.1, 0.15) is 93.1 Å². The molecule has 0 aliphatic heterocycles. The predicted molar refractivity (Wildman–Crippen MR) is 322 cm³/mol. The minimum atomic E-state index is -0.498. The molecule has 81 heavy (non-hydrogen) atoms. The third kappa shape index (κ3) is 15.6. The van der Waals surface area contributed by atoms with Crippen molar-refractivity contribution in [2.75, 3.05) is 32.2 Å². The number of nitrogens with one attached hydrogen (secondary N) is 9. The van der Waals surface area contributed by atoms with Gasteiger partial charge >= 0.3 is 18.1 Å². The number of nitrogens with zero attached hydrogens (tertiary/aromatic N) is 12. The molecule has 0 aliphatic carbocycles. The Morgan fingerprint density at radius 1 is 0.383 bits per heavy atom. The highest BCUT2D eigenvalue weighted by molar-refractivity contribution is 6.34. The molecule has 0 fully saturated rings. The number of carbonyl (C=O) groups is 3. The van der Waals surface area contributed by atoms with Crippen molar-refractivity contribution >= 4 is 155 Å². The van der Waals surface area contributed by atoms with Crippen LogP contribution in [0.5, 0.6) is 0 Å². The molecule has 426 valence electrons. The number of pyridine rings is 6. The minimum absolute atomic E-state index is 0.186. The Hall–Kier alpha value is -7.74. The number of hydrogen-bond acceptors (Lipinski definition) is 15. The van der Waals surface area contributed by atoms with E-state index in [9.17, 15) is 14.4 Å². The summed E-state index contributed by atoms with van der Waals surface area (Å²) in [6.07, 6.45) is 0. The molecule has 9 heterocycles. The van der Waals surface area contributed by atoms with E-state index in [1.807, 2.05) is 60.1 Å². The van der Waals surface area contributed by atoms with E-state index < -0.39 is 18.1 Å². The SMILES string of the molecule is Cc1nn(C)c2nc(NNC(=O)Nc3cc(Cl)nc(Cl)c3)cc(C(C)C)c12.Cc1nn(C)c2nc(NNC(=O)Nc3cc(Cl)nc(Cl)c3)cc(C(C)C)c12.Cc1nn(C)c2nc(NNC(=O)Nc3cc(Cl)nc(Cl)c3)cc(C(C)C)c12. The summed E-state index contributed by atoms with van der Waals surface area (Å²) >= 11 is 34.9. The number of hydrazine groups is 3. The number of carbonyl (C=O) groups excluding carboxylic acids is 3. The van der Waals surface area contributed by atoms with Gasteiger partial charge in [0.2, 0.25) is 0 Å². The first kappa shape index (κ1) is 60.9. The summed E-state index contributed by atoms with van der Waals surface area (Å²) in [5, 5.41) is 25.4. The highest BCUT2D eigenvalue weighted by Crippen LogP contribution is 2.32. The Morgan fingerprint density at radius 3 is 0.815 bits per heavy atom. The molecule has 30 heteroatoms. The van der Waals surface area contributed by atoms with Crippen molar-refractivity contribution in [3.05, 3.63) is 119 Å². The Bertz CT molecular complexity index is 3380. The lowest BCUT2D eigenvalue weighted by Gasteiger charge is -2.13. The van der Waals surface area contributed by atoms with Crippen LogP contribution in [0, 0.1) is 20.8 Å². The average Bonchev–Trinajstić information content (AvgIpc) is 4.18. The summed E-state index contributed by atoms with van der Waals surface area (Å²) in [5.74, 6) is 2.34. The van der Waals surface area contributed by atoms with Gasteiger partial charge < -0.3 is 16.0 Å². The van der Waals surface area contributed by atoms with Gasteiger partial charge in [-0.25, -0.2) is 44.3 Å². The molecular weight excluding hydrogens is 1170 g/mol. The van der Waals surface area contributed by atoms with Crippen molar-refractivity contribution in [3.63, 3.8) is 0 Å². The fraction of sp³-hybridized carbons (Fsp3) is 0.294. The monoisotopic (exact) mass is 1220 g/mol. The van der Waals surface area contributed by atoms with Crippen LogP contribution in [0.15, 0.2) is 54.6 Å². The standard InChI is InChI=1S/3C17H19Cl2N7O/c3*1-8(2)11-7-14(22-16-15(11)9(3)25-26(16)4)23-24-17(27)20-10-5-12(18)21-13(19)6-10/h3*5-8H,1-4H3,(H,22,23)(H2,20,21,24,27). The first-order valence-corrected chi connectivity index (χ1v) is 27.0. The number of amides is 6. The van der Waals surface area contributed by atoms with Gasteiger partial charge in [-0.15, -0.1) is 0 Å². The van der Waals surface area contributed by atoms with Gasteiger partial charge in [-0.1, -0.05) is 111 Å². The van der Waals surface area contributed by atoms with E-state index >= 15 is 0 Å². The number of halogens is 6. The molecule has 0 spiro atoms. The predicted octanol–water partition coefficient (Wildman–Crippen LogP) is 12.8. The van der Waals surface area contributed by atoms with E-state index in [4.69, 9.17) is 69.6 Å². The second kappa shape index (κ2) is 26.2. The number of aromatic nitrogens is 12. The molecule has 0 bridgehead atoms. The van der Waals surface area contributed by atoms with Crippen LogP contribution in [-0.4, -0.2) is 77.3 Å². The zero-order valence-corrected chi connectivity index (χ0v) is 50.3. The molecule has 24 nitrogen and oxygen atoms in total. The van der Waals surface area contributed by atoms with Crippen molar-refractivity contribution in [2.45, 2.75) is 80.1 Å². The normalized spacial score (nSPS) is 11.1. The van der Waals surface area contributed by atoms with E-state index in [-0.39, 0.29) is 48.7 Å². The minimum Gasteiger partial charge on any atom is -0.306 e. The van der Waals surface area contributed by atoms with Crippen LogP contribution in [-0.2, 0) is 21.1 Å². The summed E-state index contributed by atoms with van der Waals surface area (Å²) < 4.78 is 5.17. The fourth-order valence-corrected chi connectivity index (χ4v) is 9.83. The molecule has 6 amide bonds. The van der Waals surface area contributed by atoms with Crippen LogP contribution in [0.25, 0.3) is 33.1 Å². The Morgan fingerprint density at radius 2 is 0.605 bits per heavy atom. The first-order chi connectivity index (χ1) is 38.2. The smallest absolute Gasteiger partial charge is 0.306 e. The molecule has 0 radical (unpaired) electrons. The van der Waals surface area contributed by atoms with Gasteiger partial charge in [0.1, 0.15) is 48.4 Å². The summed E-state index contributed by atoms with van der Waals surface area (Å²) in [5.41, 5.74) is 25.7. The van der Waals surface area contributed by atoms with Crippen LogP contribution in [0.3, 0.4) is 0 Å². The molecule has 0 saturated heterocycles. The van der Waals surface area contributed by atoms with Gasteiger partial charge in [-0.05, 0) is 110 Å². The highest BCUT2D eigenvalue weighted by atomic mass is 35.5. The van der Waals surface area contributed by atoms with Crippen LogP contribution < -0.4 is 48.5 Å². The summed E-state index contributed by atoms with van der Waals surface area (Å²) in [4.78, 5) is 61.5. The van der Waals surface area contributed by atoms with Crippen LogP contribution >= 0.6 is 69.6 Å². The van der Waals surface area contributed by atoms with Gasteiger partial charge in [0.05, 0.1) is 17.1 Å². The van der Waals surface area contributed by atoms with E-state index in [0.717, 1.165) is 66.9 Å². The van der Waals surface area contributed by atoms with Crippen molar-refractivity contribution < 1.29 is 14.4 Å². The quantitative estimate of drug-likeness (QED) is 0.0406. The fourth-order valence-electron chi connectivity index (χ4n) is 8.45. The molecule has 0 unspecified atom stereocenters. The van der Waals surface area contributed by atoms with Crippen molar-refractivity contribution in [1.82, 2.24) is 75.5 Å². The second-order valence-corrected chi connectivity index (χ2v) is 21.4. The molecule has 0 aromatic carbocycles. The molecule has 9 rings (SSSR count). The number of aryl methyl sites for hydroxylation is 6. The largest absolute Gasteiger partial charge is 0.337 e. The van der Waals surface area contributed by atoms with Crippen LogP contribution in [0.2, 0.25) is 30.9 Å². The Kier molecular flexibility index (Phi) is 19.7. The molecule has 0 aliphatic rings. The number of anilines is 6. The molecule has 0 saturated carbocycles. The summed E-state index contributed by atoms with van der Waals surface area (Å²) in [7, 11) is 5.52. The van der Waals surface area contributed by atoms with Crippen molar-refractivity contribution in [1.29, 1.82) is 0 Å². The number of rotatable bonds is 12. The van der Waals surface area contributed by atoms with E-state index in [1.165, 1.54) is 36.4 Å².